The Kier molecular flexibility index (Phi) is 2.43. The van der Waals surface area contributed by atoms with Crippen LogP contribution in [0.3, 0.4) is 0 Å². The van der Waals surface area contributed by atoms with Crippen LogP contribution in [0.1, 0.15) is 0 Å². The highest BCUT2D eigenvalue weighted by atomic mass is 31.2. The van der Waals surface area contributed by atoms with E-state index in [0.717, 1.165) is 14.2 Å². The van der Waals surface area contributed by atoms with Gasteiger partial charge in [0.15, 0.2) is 0 Å². The number of halogens is 1. The Balaban J connectivity index is 3.61. The Morgan fingerprint density at radius 2 is 1.71 bits per heavy atom. The Labute approximate surface area is 41.1 Å². The normalized spacial score (nSPS) is 11.9. The summed E-state index contributed by atoms with van der Waals surface area (Å²) in [6.07, 6.45) is 0. The van der Waals surface area contributed by atoms with Crippen molar-refractivity contribution in [2.75, 3.05) is 14.2 Å². The molecule has 7 heavy (non-hydrogen) atoms. The average Bonchev–Trinajstić information content (AvgIpc) is 1.68. The average molecular weight is 128 g/mol. The third-order valence-corrected chi connectivity index (χ3v) is 1.31. The molecule has 0 bridgehead atoms. The zero-order valence-electron chi connectivity index (χ0n) is 4.05. The second kappa shape index (κ2) is 2.40. The molecular formula is C2H6FO3P. The van der Waals surface area contributed by atoms with Crippen LogP contribution in [0.2, 0.25) is 0 Å². The molecule has 0 aliphatic carbocycles. The van der Waals surface area contributed by atoms with Gasteiger partial charge in [0.2, 0.25) is 0 Å². The van der Waals surface area contributed by atoms with Gasteiger partial charge in [-0.3, -0.25) is 9.05 Å². The molecule has 0 atom stereocenters. The summed E-state index contributed by atoms with van der Waals surface area (Å²) < 4.78 is 29.0. The molecule has 0 N–H and O–H groups in total. The standard InChI is InChI=1S/C2H6FO3P/c1-5-7(3,4)6-2/h1-2H3. The largest absolute Gasteiger partial charge is 0.512 e. The van der Waals surface area contributed by atoms with Crippen LogP contribution in [0.5, 0.6) is 0 Å². The maximum absolute atomic E-state index is 11.7. The lowest BCUT2D eigenvalue weighted by Gasteiger charge is -1.98. The predicted octanol–water partition coefficient (Wildman–Crippen LogP) is 1.36. The molecule has 0 aromatic carbocycles. The summed E-state index contributed by atoms with van der Waals surface area (Å²) in [5.41, 5.74) is 0. The van der Waals surface area contributed by atoms with Gasteiger partial charge in [0.25, 0.3) is 0 Å². The van der Waals surface area contributed by atoms with Gasteiger partial charge in [-0.05, 0) is 0 Å². The van der Waals surface area contributed by atoms with Crippen LogP contribution in [0.15, 0.2) is 0 Å². The van der Waals surface area contributed by atoms with Gasteiger partial charge in [-0.2, -0.15) is 0 Å². The molecule has 0 spiro atoms. The van der Waals surface area contributed by atoms with Crippen LogP contribution >= 0.6 is 7.91 Å². The van der Waals surface area contributed by atoms with Gasteiger partial charge in [0, 0.05) is 14.2 Å². The fraction of sp³-hybridized carbons (Fsp3) is 1.00. The first kappa shape index (κ1) is 7.08. The minimum absolute atomic E-state index is 0.976. The molecule has 0 aromatic rings. The first-order valence-corrected chi connectivity index (χ1v) is 2.97. The fourth-order valence-corrected chi connectivity index (χ4v) is 0.224. The van der Waals surface area contributed by atoms with E-state index in [9.17, 15) is 8.76 Å². The first-order chi connectivity index (χ1) is 3.12. The van der Waals surface area contributed by atoms with Crippen molar-refractivity contribution in [2.45, 2.75) is 0 Å². The van der Waals surface area contributed by atoms with Crippen molar-refractivity contribution < 1.29 is 17.8 Å². The van der Waals surface area contributed by atoms with Gasteiger partial charge >= 0.3 is 7.91 Å². The Morgan fingerprint density at radius 3 is 1.71 bits per heavy atom. The van der Waals surface area contributed by atoms with Crippen molar-refractivity contribution in [3.8, 4) is 0 Å². The van der Waals surface area contributed by atoms with Gasteiger partial charge in [0.1, 0.15) is 0 Å². The van der Waals surface area contributed by atoms with E-state index >= 15 is 0 Å². The zero-order valence-corrected chi connectivity index (χ0v) is 4.94. The van der Waals surface area contributed by atoms with Crippen LogP contribution in [0.4, 0.5) is 4.20 Å². The second-order valence-electron chi connectivity index (χ2n) is 0.796. The molecule has 0 aliphatic heterocycles. The Morgan fingerprint density at radius 1 is 1.43 bits per heavy atom. The molecule has 0 unspecified atom stereocenters. The van der Waals surface area contributed by atoms with Gasteiger partial charge < -0.3 is 0 Å². The maximum Gasteiger partial charge on any atom is 0.512 e. The lowest BCUT2D eigenvalue weighted by molar-refractivity contribution is 0.238. The summed E-state index contributed by atoms with van der Waals surface area (Å²) in [6, 6.07) is 0. The topological polar surface area (TPSA) is 35.5 Å². The molecule has 3 nitrogen and oxygen atoms in total. The summed E-state index contributed by atoms with van der Waals surface area (Å²) in [4.78, 5) is 0. The van der Waals surface area contributed by atoms with E-state index in [0.29, 0.717) is 0 Å². The third kappa shape index (κ3) is 2.74. The van der Waals surface area contributed by atoms with Crippen LogP contribution < -0.4 is 0 Å². The lowest BCUT2D eigenvalue weighted by atomic mass is 11.8. The van der Waals surface area contributed by atoms with Crippen LogP contribution in [0.25, 0.3) is 0 Å². The molecule has 0 saturated heterocycles. The Bertz CT molecular complexity index is 84.9. The highest BCUT2D eigenvalue weighted by molar-refractivity contribution is 7.47. The lowest BCUT2D eigenvalue weighted by Crippen LogP contribution is -1.77. The van der Waals surface area contributed by atoms with E-state index in [1.807, 2.05) is 0 Å². The van der Waals surface area contributed by atoms with Gasteiger partial charge in [0.05, 0.1) is 0 Å². The summed E-state index contributed by atoms with van der Waals surface area (Å²) >= 11 is 0. The maximum atomic E-state index is 11.7. The SMILES string of the molecule is COP(=O)(F)OC. The summed E-state index contributed by atoms with van der Waals surface area (Å²) in [7, 11) is -2.20. The Hall–Kier alpha value is 0.0800. The first-order valence-electron chi connectivity index (χ1n) is 1.53. The number of hydrogen-bond donors (Lipinski definition) is 0. The molecule has 0 rings (SSSR count). The smallest absolute Gasteiger partial charge is 0.287 e. The van der Waals surface area contributed by atoms with E-state index in [1.54, 1.807) is 0 Å². The van der Waals surface area contributed by atoms with Crippen LogP contribution in [0, 0.1) is 0 Å². The highest BCUT2D eigenvalue weighted by Gasteiger charge is 2.17. The molecule has 0 aliphatic rings. The summed E-state index contributed by atoms with van der Waals surface area (Å²) in [5, 5.41) is 0. The number of hydrogen-bond acceptors (Lipinski definition) is 3. The van der Waals surface area contributed by atoms with Crippen molar-refractivity contribution in [1.82, 2.24) is 0 Å². The van der Waals surface area contributed by atoms with Crippen LogP contribution in [-0.4, -0.2) is 14.2 Å². The highest BCUT2D eigenvalue weighted by Crippen LogP contribution is 2.47. The van der Waals surface area contributed by atoms with Gasteiger partial charge in [-0.15, -0.1) is 4.20 Å². The molecule has 0 saturated carbocycles. The van der Waals surface area contributed by atoms with E-state index < -0.39 is 7.91 Å². The van der Waals surface area contributed by atoms with E-state index in [-0.39, 0.29) is 0 Å². The monoisotopic (exact) mass is 128 g/mol. The molecule has 0 radical (unpaired) electrons. The quantitative estimate of drug-likeness (QED) is 0.526. The molecule has 0 fully saturated rings. The van der Waals surface area contributed by atoms with Gasteiger partial charge in [-0.25, -0.2) is 4.57 Å². The van der Waals surface area contributed by atoms with Gasteiger partial charge in [-0.1, -0.05) is 0 Å². The van der Waals surface area contributed by atoms with Crippen molar-refractivity contribution in [3.05, 3.63) is 0 Å². The second-order valence-corrected chi connectivity index (χ2v) is 2.39. The van der Waals surface area contributed by atoms with Crippen molar-refractivity contribution in [1.29, 1.82) is 0 Å². The van der Waals surface area contributed by atoms with E-state index in [4.69, 9.17) is 0 Å². The minimum atomic E-state index is -4.15. The molecule has 0 aromatic heterocycles. The third-order valence-electron chi connectivity index (χ3n) is 0.436. The number of rotatable bonds is 2. The molecular weight excluding hydrogens is 122 g/mol. The molecule has 5 heteroatoms. The molecule has 0 heterocycles. The zero-order chi connectivity index (χ0) is 5.91. The summed E-state index contributed by atoms with van der Waals surface area (Å²) in [5.74, 6) is 0. The predicted molar refractivity (Wildman–Crippen MR) is 22.7 cm³/mol. The van der Waals surface area contributed by atoms with Crippen molar-refractivity contribution >= 4 is 7.91 Å². The minimum Gasteiger partial charge on any atom is -0.287 e. The van der Waals surface area contributed by atoms with Crippen molar-refractivity contribution in [3.63, 3.8) is 0 Å². The van der Waals surface area contributed by atoms with Crippen LogP contribution in [-0.2, 0) is 13.6 Å². The molecule has 0 amide bonds. The van der Waals surface area contributed by atoms with E-state index in [2.05, 4.69) is 9.05 Å². The fourth-order valence-electron chi connectivity index (χ4n) is 0.0745. The van der Waals surface area contributed by atoms with E-state index in [1.165, 1.54) is 0 Å². The van der Waals surface area contributed by atoms with Crippen molar-refractivity contribution in [2.24, 2.45) is 0 Å². The molecule has 44 valence electrons. The summed E-state index contributed by atoms with van der Waals surface area (Å²) in [6.45, 7) is 0.